The molecule has 0 saturated carbocycles. The summed E-state index contributed by atoms with van der Waals surface area (Å²) >= 11 is 0. The molecule has 0 amide bonds. The van der Waals surface area contributed by atoms with Gasteiger partial charge in [0.2, 0.25) is 0 Å². The van der Waals surface area contributed by atoms with Crippen molar-refractivity contribution in [2.75, 3.05) is 7.11 Å². The number of aromatic nitrogens is 1. The largest absolute Gasteiger partial charge is 0.495 e. The fraction of sp³-hybridized carbons (Fsp3) is 0.214. The number of nitrogens with zero attached hydrogens (tertiary/aromatic N) is 1. The Balaban J connectivity index is 2.46. The van der Waals surface area contributed by atoms with E-state index in [9.17, 15) is 22.7 Å². The molecule has 1 aromatic heterocycles. The Kier molecular flexibility index (Phi) is 4.13. The number of pyridine rings is 1. The zero-order valence-corrected chi connectivity index (χ0v) is 10.9. The van der Waals surface area contributed by atoms with Crippen LogP contribution in [-0.4, -0.2) is 17.2 Å². The summed E-state index contributed by atoms with van der Waals surface area (Å²) < 4.78 is 56.8. The number of rotatable bonds is 3. The molecule has 0 aliphatic heterocycles. The monoisotopic (exact) mass is 301 g/mol. The minimum absolute atomic E-state index is 0.132. The summed E-state index contributed by atoms with van der Waals surface area (Å²) in [6.45, 7) is 0. The second-order valence-corrected chi connectivity index (χ2v) is 4.27. The number of aliphatic hydroxyl groups excluding tert-OH is 1. The van der Waals surface area contributed by atoms with Crippen LogP contribution < -0.4 is 4.74 Å². The molecular formula is C14H11F4NO2. The molecule has 1 N–H and O–H groups in total. The summed E-state index contributed by atoms with van der Waals surface area (Å²) in [5, 5.41) is 10.1. The molecule has 112 valence electrons. The Hall–Kier alpha value is -2.15. The predicted octanol–water partition coefficient (Wildman–Crippen LogP) is 3.33. The van der Waals surface area contributed by atoms with Crippen molar-refractivity contribution >= 4 is 0 Å². The Morgan fingerprint density at radius 3 is 2.57 bits per heavy atom. The average Bonchev–Trinajstić information content (AvgIpc) is 2.45. The average molecular weight is 301 g/mol. The first-order chi connectivity index (χ1) is 9.84. The number of benzene rings is 1. The van der Waals surface area contributed by atoms with E-state index in [0.29, 0.717) is 11.8 Å². The molecule has 0 radical (unpaired) electrons. The quantitative estimate of drug-likeness (QED) is 0.884. The van der Waals surface area contributed by atoms with Gasteiger partial charge < -0.3 is 9.84 Å². The van der Waals surface area contributed by atoms with Gasteiger partial charge in [0.15, 0.2) is 0 Å². The highest BCUT2D eigenvalue weighted by Gasteiger charge is 2.35. The molecule has 21 heavy (non-hydrogen) atoms. The Morgan fingerprint density at radius 1 is 1.24 bits per heavy atom. The van der Waals surface area contributed by atoms with E-state index in [0.717, 1.165) is 12.1 Å². The van der Waals surface area contributed by atoms with Crippen LogP contribution in [0.3, 0.4) is 0 Å². The zero-order chi connectivity index (χ0) is 15.6. The van der Waals surface area contributed by atoms with Gasteiger partial charge in [-0.15, -0.1) is 0 Å². The van der Waals surface area contributed by atoms with E-state index in [4.69, 9.17) is 4.74 Å². The lowest BCUT2D eigenvalue weighted by atomic mass is 10.00. The second kappa shape index (κ2) is 5.69. The van der Waals surface area contributed by atoms with Crippen LogP contribution in [0, 0.1) is 5.82 Å². The summed E-state index contributed by atoms with van der Waals surface area (Å²) in [5.74, 6) is -1.20. The first-order valence-electron chi connectivity index (χ1n) is 5.87. The van der Waals surface area contributed by atoms with Crippen LogP contribution in [0.15, 0.2) is 36.7 Å². The maximum atomic E-state index is 14.0. The zero-order valence-electron chi connectivity index (χ0n) is 10.9. The molecule has 1 atom stereocenters. The Morgan fingerprint density at radius 2 is 1.95 bits per heavy atom. The number of aliphatic hydroxyl groups is 1. The number of hydrogen-bond acceptors (Lipinski definition) is 3. The van der Waals surface area contributed by atoms with Gasteiger partial charge in [0.05, 0.1) is 18.9 Å². The fourth-order valence-electron chi connectivity index (χ4n) is 1.86. The Bertz CT molecular complexity index is 643. The molecule has 0 saturated heterocycles. The van der Waals surface area contributed by atoms with E-state index in [2.05, 4.69) is 4.98 Å². The lowest BCUT2D eigenvalue weighted by molar-refractivity contribution is -0.140. The van der Waals surface area contributed by atoms with Crippen LogP contribution in [0.5, 0.6) is 5.75 Å². The van der Waals surface area contributed by atoms with Gasteiger partial charge in [-0.3, -0.25) is 4.98 Å². The number of ether oxygens (including phenoxy) is 1. The van der Waals surface area contributed by atoms with Gasteiger partial charge in [0.1, 0.15) is 17.7 Å². The van der Waals surface area contributed by atoms with Crippen molar-refractivity contribution < 1.29 is 27.4 Å². The third-order valence-electron chi connectivity index (χ3n) is 2.91. The van der Waals surface area contributed by atoms with Gasteiger partial charge in [-0.05, 0) is 12.1 Å². The minimum atomic E-state index is -4.83. The summed E-state index contributed by atoms with van der Waals surface area (Å²) in [7, 11) is 1.37. The van der Waals surface area contributed by atoms with Crippen LogP contribution in [0.25, 0.3) is 0 Å². The molecule has 0 fully saturated rings. The fourth-order valence-corrected chi connectivity index (χ4v) is 1.86. The summed E-state index contributed by atoms with van der Waals surface area (Å²) in [4.78, 5) is 3.77. The van der Waals surface area contributed by atoms with Crippen molar-refractivity contribution in [3.05, 3.63) is 59.2 Å². The molecule has 3 nitrogen and oxygen atoms in total. The molecule has 0 spiro atoms. The van der Waals surface area contributed by atoms with Gasteiger partial charge in [0.25, 0.3) is 0 Å². The molecule has 0 bridgehead atoms. The first kappa shape index (κ1) is 15.2. The van der Waals surface area contributed by atoms with E-state index >= 15 is 0 Å². The van der Waals surface area contributed by atoms with Gasteiger partial charge in [-0.1, -0.05) is 12.1 Å². The lowest BCUT2D eigenvalue weighted by Gasteiger charge is -2.16. The predicted molar refractivity (Wildman–Crippen MR) is 66.3 cm³/mol. The summed E-state index contributed by atoms with van der Waals surface area (Å²) in [6.07, 6.45) is -3.81. The van der Waals surface area contributed by atoms with Gasteiger partial charge in [0, 0.05) is 17.3 Å². The summed E-state index contributed by atoms with van der Waals surface area (Å²) in [6, 6.07) is 4.12. The van der Waals surface area contributed by atoms with Crippen LogP contribution in [-0.2, 0) is 6.18 Å². The minimum Gasteiger partial charge on any atom is -0.495 e. The molecule has 0 aliphatic carbocycles. The van der Waals surface area contributed by atoms with Crippen LogP contribution in [0.4, 0.5) is 17.6 Å². The van der Waals surface area contributed by atoms with E-state index in [-0.39, 0.29) is 5.56 Å². The van der Waals surface area contributed by atoms with Crippen molar-refractivity contribution in [1.29, 1.82) is 0 Å². The normalized spacial score (nSPS) is 13.0. The van der Waals surface area contributed by atoms with Crippen LogP contribution >= 0.6 is 0 Å². The molecule has 1 unspecified atom stereocenters. The molecule has 2 aromatic rings. The number of hydrogen-bond donors (Lipinski definition) is 1. The summed E-state index contributed by atoms with van der Waals surface area (Å²) in [5.41, 5.74) is -1.76. The molecule has 2 rings (SSSR count). The third kappa shape index (κ3) is 3.13. The van der Waals surface area contributed by atoms with Crippen molar-refractivity contribution in [3.8, 4) is 5.75 Å². The molecule has 0 aliphatic rings. The number of halogens is 4. The van der Waals surface area contributed by atoms with E-state index in [1.807, 2.05) is 0 Å². The van der Waals surface area contributed by atoms with Crippen molar-refractivity contribution in [2.45, 2.75) is 12.3 Å². The van der Waals surface area contributed by atoms with Crippen LogP contribution in [0.1, 0.15) is 22.8 Å². The topological polar surface area (TPSA) is 42.4 Å². The van der Waals surface area contributed by atoms with Crippen LogP contribution in [0.2, 0.25) is 0 Å². The Labute approximate surface area is 117 Å². The smallest absolute Gasteiger partial charge is 0.419 e. The first-order valence-corrected chi connectivity index (χ1v) is 5.87. The van der Waals surface area contributed by atoms with Gasteiger partial charge in [-0.2, -0.15) is 13.2 Å². The van der Waals surface area contributed by atoms with Gasteiger partial charge >= 0.3 is 6.18 Å². The second-order valence-electron chi connectivity index (χ2n) is 4.27. The SMILES string of the molecule is COc1cncc(C(O)c2cccc(C(F)(F)F)c2F)c1. The standard InChI is InChI=1S/C14H11F4NO2/c1-21-9-5-8(6-19-7-9)13(20)10-3-2-4-11(12(10)15)14(16,17)18/h2-7,13,20H,1H3. The molecular weight excluding hydrogens is 290 g/mol. The highest BCUT2D eigenvalue weighted by Crippen LogP contribution is 2.35. The maximum Gasteiger partial charge on any atom is 0.419 e. The lowest BCUT2D eigenvalue weighted by Crippen LogP contribution is -2.12. The van der Waals surface area contributed by atoms with E-state index < -0.39 is 29.2 Å². The number of alkyl halides is 3. The van der Waals surface area contributed by atoms with Crippen molar-refractivity contribution in [3.63, 3.8) is 0 Å². The van der Waals surface area contributed by atoms with Gasteiger partial charge in [-0.25, -0.2) is 4.39 Å². The third-order valence-corrected chi connectivity index (χ3v) is 2.91. The van der Waals surface area contributed by atoms with Crippen molar-refractivity contribution in [1.82, 2.24) is 4.98 Å². The molecule has 1 heterocycles. The molecule has 7 heteroatoms. The van der Waals surface area contributed by atoms with E-state index in [1.165, 1.54) is 25.6 Å². The van der Waals surface area contributed by atoms with Crippen molar-refractivity contribution in [2.24, 2.45) is 0 Å². The maximum absolute atomic E-state index is 14.0. The highest BCUT2D eigenvalue weighted by atomic mass is 19.4. The van der Waals surface area contributed by atoms with E-state index in [1.54, 1.807) is 0 Å². The molecule has 1 aromatic carbocycles. The number of methoxy groups -OCH3 is 1. The highest BCUT2D eigenvalue weighted by molar-refractivity contribution is 5.36.